The zero-order valence-electron chi connectivity index (χ0n) is 11.7. The van der Waals surface area contributed by atoms with Crippen LogP contribution < -0.4 is 10.6 Å². The van der Waals surface area contributed by atoms with Crippen molar-refractivity contribution < 1.29 is 4.79 Å². The number of carbonyl (C=O) groups is 1. The molecule has 0 unspecified atom stereocenters. The van der Waals surface area contributed by atoms with E-state index in [1.165, 1.54) is 25.7 Å². The van der Waals surface area contributed by atoms with Crippen LogP contribution in [0.25, 0.3) is 0 Å². The second-order valence-corrected chi connectivity index (χ2v) is 5.47. The van der Waals surface area contributed by atoms with Crippen molar-refractivity contribution in [2.45, 2.75) is 51.5 Å². The molecule has 2 amide bonds. The summed E-state index contributed by atoms with van der Waals surface area (Å²) in [5.74, 6) is 0.875. The van der Waals surface area contributed by atoms with Crippen molar-refractivity contribution in [3.05, 3.63) is 30.3 Å². The van der Waals surface area contributed by atoms with Gasteiger partial charge in [-0.25, -0.2) is 4.79 Å². The maximum Gasteiger partial charge on any atom is 0.319 e. The third kappa shape index (κ3) is 4.58. The van der Waals surface area contributed by atoms with Crippen molar-refractivity contribution in [1.29, 1.82) is 0 Å². The molecule has 0 atom stereocenters. The van der Waals surface area contributed by atoms with Gasteiger partial charge >= 0.3 is 6.03 Å². The number of carbonyl (C=O) groups excluding carboxylic acids is 1. The first-order valence-electron chi connectivity index (χ1n) is 7.40. The Morgan fingerprint density at radius 3 is 2.47 bits per heavy atom. The molecule has 2 rings (SSSR count). The predicted octanol–water partition coefficient (Wildman–Crippen LogP) is 4.17. The van der Waals surface area contributed by atoms with E-state index in [0.717, 1.165) is 24.4 Å². The molecule has 1 aromatic carbocycles. The molecular weight excluding hydrogens is 236 g/mol. The summed E-state index contributed by atoms with van der Waals surface area (Å²) in [6.45, 7) is 2.25. The molecule has 3 nitrogen and oxygen atoms in total. The van der Waals surface area contributed by atoms with Crippen LogP contribution in [0, 0.1) is 5.92 Å². The van der Waals surface area contributed by atoms with Crippen LogP contribution in [-0.2, 0) is 0 Å². The van der Waals surface area contributed by atoms with Crippen LogP contribution >= 0.6 is 0 Å². The number of rotatable bonds is 4. The first kappa shape index (κ1) is 13.9. The van der Waals surface area contributed by atoms with Crippen LogP contribution in [0.1, 0.15) is 45.4 Å². The second kappa shape index (κ2) is 7.17. The van der Waals surface area contributed by atoms with E-state index in [4.69, 9.17) is 0 Å². The van der Waals surface area contributed by atoms with E-state index in [9.17, 15) is 4.79 Å². The summed E-state index contributed by atoms with van der Waals surface area (Å²) in [7, 11) is 0. The summed E-state index contributed by atoms with van der Waals surface area (Å²) < 4.78 is 0. The molecule has 0 aromatic heterocycles. The number of urea groups is 1. The maximum atomic E-state index is 11.9. The monoisotopic (exact) mass is 260 g/mol. The van der Waals surface area contributed by atoms with Gasteiger partial charge in [0.15, 0.2) is 0 Å². The standard InChI is InChI=1S/C16H24N2O/c1-2-6-13-9-11-15(12-10-13)18-16(19)17-14-7-4-3-5-8-14/h3-5,7-8,13,15H,2,6,9-12H2,1H3,(H2,17,18,19). The van der Waals surface area contributed by atoms with Crippen molar-refractivity contribution in [2.24, 2.45) is 5.92 Å². The third-order valence-electron chi connectivity index (χ3n) is 3.91. The van der Waals surface area contributed by atoms with Gasteiger partial charge in [-0.05, 0) is 43.7 Å². The maximum absolute atomic E-state index is 11.9. The topological polar surface area (TPSA) is 41.1 Å². The number of benzene rings is 1. The van der Waals surface area contributed by atoms with E-state index in [1.54, 1.807) is 0 Å². The molecule has 0 heterocycles. The normalized spacial score (nSPS) is 22.8. The first-order valence-corrected chi connectivity index (χ1v) is 7.40. The molecule has 1 aliphatic rings. The lowest BCUT2D eigenvalue weighted by Crippen LogP contribution is -2.40. The quantitative estimate of drug-likeness (QED) is 0.838. The van der Waals surface area contributed by atoms with E-state index in [-0.39, 0.29) is 6.03 Å². The van der Waals surface area contributed by atoms with Gasteiger partial charge in [0.25, 0.3) is 0 Å². The van der Waals surface area contributed by atoms with Crippen molar-refractivity contribution in [2.75, 3.05) is 5.32 Å². The summed E-state index contributed by atoms with van der Waals surface area (Å²) in [6, 6.07) is 9.85. The fraction of sp³-hybridized carbons (Fsp3) is 0.562. The van der Waals surface area contributed by atoms with Gasteiger partial charge in [-0.3, -0.25) is 0 Å². The number of nitrogens with one attached hydrogen (secondary N) is 2. The molecule has 0 bridgehead atoms. The SMILES string of the molecule is CCCC1CCC(NC(=O)Nc2ccccc2)CC1. The third-order valence-corrected chi connectivity index (χ3v) is 3.91. The minimum absolute atomic E-state index is 0.0786. The van der Waals surface area contributed by atoms with Crippen LogP contribution in [0.3, 0.4) is 0 Å². The van der Waals surface area contributed by atoms with E-state index in [0.29, 0.717) is 6.04 Å². The summed E-state index contributed by atoms with van der Waals surface area (Å²) >= 11 is 0. The molecular formula is C16H24N2O. The van der Waals surface area contributed by atoms with E-state index >= 15 is 0 Å². The number of hydrogen-bond donors (Lipinski definition) is 2. The van der Waals surface area contributed by atoms with Crippen LogP contribution in [0.15, 0.2) is 30.3 Å². The van der Waals surface area contributed by atoms with Crippen molar-refractivity contribution in [1.82, 2.24) is 5.32 Å². The van der Waals surface area contributed by atoms with Gasteiger partial charge in [0.2, 0.25) is 0 Å². The first-order chi connectivity index (χ1) is 9.28. The highest BCUT2D eigenvalue weighted by Crippen LogP contribution is 2.27. The molecule has 1 aliphatic carbocycles. The summed E-state index contributed by atoms with van der Waals surface area (Å²) in [6.07, 6.45) is 7.36. The van der Waals surface area contributed by atoms with Crippen LogP contribution in [0.4, 0.5) is 10.5 Å². The van der Waals surface area contributed by atoms with Crippen LogP contribution in [0.5, 0.6) is 0 Å². The molecule has 0 aliphatic heterocycles. The zero-order chi connectivity index (χ0) is 13.5. The number of amides is 2. The zero-order valence-corrected chi connectivity index (χ0v) is 11.7. The van der Waals surface area contributed by atoms with Gasteiger partial charge in [-0.1, -0.05) is 38.0 Å². The largest absolute Gasteiger partial charge is 0.335 e. The second-order valence-electron chi connectivity index (χ2n) is 5.47. The van der Waals surface area contributed by atoms with Crippen LogP contribution in [-0.4, -0.2) is 12.1 Å². The lowest BCUT2D eigenvalue weighted by molar-refractivity contribution is 0.236. The van der Waals surface area contributed by atoms with Gasteiger partial charge in [0, 0.05) is 11.7 Å². The van der Waals surface area contributed by atoms with E-state index in [1.807, 2.05) is 30.3 Å². The Morgan fingerprint density at radius 2 is 1.84 bits per heavy atom. The Balaban J connectivity index is 1.72. The molecule has 1 saturated carbocycles. The lowest BCUT2D eigenvalue weighted by Gasteiger charge is -2.28. The predicted molar refractivity (Wildman–Crippen MR) is 79.3 cm³/mol. The minimum Gasteiger partial charge on any atom is -0.335 e. The number of para-hydroxylation sites is 1. The number of anilines is 1. The average molecular weight is 260 g/mol. The Labute approximate surface area is 115 Å². The Morgan fingerprint density at radius 1 is 1.16 bits per heavy atom. The fourth-order valence-electron chi connectivity index (χ4n) is 2.88. The molecule has 19 heavy (non-hydrogen) atoms. The summed E-state index contributed by atoms with van der Waals surface area (Å²) in [5, 5.41) is 5.96. The molecule has 2 N–H and O–H groups in total. The Bertz CT molecular complexity index is 383. The molecule has 0 saturated heterocycles. The van der Waals surface area contributed by atoms with Crippen molar-refractivity contribution in [3.8, 4) is 0 Å². The van der Waals surface area contributed by atoms with Gasteiger partial charge in [0.05, 0.1) is 0 Å². The van der Waals surface area contributed by atoms with Gasteiger partial charge in [-0.15, -0.1) is 0 Å². The van der Waals surface area contributed by atoms with Crippen molar-refractivity contribution >= 4 is 11.7 Å². The molecule has 0 spiro atoms. The van der Waals surface area contributed by atoms with Gasteiger partial charge < -0.3 is 10.6 Å². The highest BCUT2D eigenvalue weighted by Gasteiger charge is 2.21. The lowest BCUT2D eigenvalue weighted by atomic mass is 9.83. The molecule has 1 fully saturated rings. The molecule has 104 valence electrons. The van der Waals surface area contributed by atoms with Gasteiger partial charge in [-0.2, -0.15) is 0 Å². The smallest absolute Gasteiger partial charge is 0.319 e. The Kier molecular flexibility index (Phi) is 5.25. The van der Waals surface area contributed by atoms with Gasteiger partial charge in [0.1, 0.15) is 0 Å². The molecule has 1 aromatic rings. The number of hydrogen-bond acceptors (Lipinski definition) is 1. The fourth-order valence-corrected chi connectivity index (χ4v) is 2.88. The molecule has 0 radical (unpaired) electrons. The average Bonchev–Trinajstić information content (AvgIpc) is 2.42. The minimum atomic E-state index is -0.0786. The van der Waals surface area contributed by atoms with E-state index < -0.39 is 0 Å². The Hall–Kier alpha value is -1.51. The van der Waals surface area contributed by atoms with Crippen molar-refractivity contribution in [3.63, 3.8) is 0 Å². The van der Waals surface area contributed by atoms with Crippen LogP contribution in [0.2, 0.25) is 0 Å². The van der Waals surface area contributed by atoms with E-state index in [2.05, 4.69) is 17.6 Å². The summed E-state index contributed by atoms with van der Waals surface area (Å²) in [4.78, 5) is 11.9. The molecule has 3 heteroatoms. The highest BCUT2D eigenvalue weighted by atomic mass is 16.2. The highest BCUT2D eigenvalue weighted by molar-refractivity contribution is 5.89. The summed E-state index contributed by atoms with van der Waals surface area (Å²) in [5.41, 5.74) is 0.847.